The lowest BCUT2D eigenvalue weighted by molar-refractivity contribution is 0.414. The molecule has 0 saturated carbocycles. The minimum absolute atomic E-state index is 0.727. The van der Waals surface area contributed by atoms with Gasteiger partial charge in [-0.25, -0.2) is 9.97 Å². The van der Waals surface area contributed by atoms with Crippen LogP contribution in [0.2, 0.25) is 0 Å². The zero-order valence-electron chi connectivity index (χ0n) is 13.2. The summed E-state index contributed by atoms with van der Waals surface area (Å²) in [6.45, 7) is 5.07. The van der Waals surface area contributed by atoms with Crippen molar-refractivity contribution in [2.75, 3.05) is 20.7 Å². The van der Waals surface area contributed by atoms with Crippen LogP contribution >= 0.6 is 0 Å². The Labute approximate surface area is 126 Å². The second-order valence-corrected chi connectivity index (χ2v) is 5.17. The highest BCUT2D eigenvalue weighted by Gasteiger charge is 2.09. The van der Waals surface area contributed by atoms with Gasteiger partial charge in [0.25, 0.3) is 0 Å². The first kappa shape index (κ1) is 15.4. The predicted octanol–water partition coefficient (Wildman–Crippen LogP) is 2.45. The molecule has 0 amide bonds. The number of benzene rings is 1. The third kappa shape index (κ3) is 4.02. The second-order valence-electron chi connectivity index (χ2n) is 5.17. The highest BCUT2D eigenvalue weighted by molar-refractivity contribution is 5.31. The lowest BCUT2D eigenvalue weighted by Crippen LogP contribution is -2.14. The molecule has 2 rings (SSSR count). The van der Waals surface area contributed by atoms with Gasteiger partial charge in [0.05, 0.1) is 7.11 Å². The van der Waals surface area contributed by atoms with Gasteiger partial charge in [-0.2, -0.15) is 0 Å². The molecule has 0 spiro atoms. The Morgan fingerprint density at radius 3 is 2.48 bits per heavy atom. The van der Waals surface area contributed by atoms with Crippen LogP contribution in [0.25, 0.3) is 0 Å². The van der Waals surface area contributed by atoms with Gasteiger partial charge in [0, 0.05) is 17.8 Å². The van der Waals surface area contributed by atoms with Crippen molar-refractivity contribution < 1.29 is 4.74 Å². The van der Waals surface area contributed by atoms with Gasteiger partial charge < -0.3 is 10.1 Å². The van der Waals surface area contributed by atoms with E-state index < -0.39 is 0 Å². The molecule has 0 unspecified atom stereocenters. The molecule has 0 radical (unpaired) electrons. The summed E-state index contributed by atoms with van der Waals surface area (Å²) in [5, 5.41) is 3.17. The monoisotopic (exact) mass is 285 g/mol. The van der Waals surface area contributed by atoms with Crippen molar-refractivity contribution in [3.05, 3.63) is 52.6 Å². The van der Waals surface area contributed by atoms with Gasteiger partial charge in [-0.3, -0.25) is 0 Å². The van der Waals surface area contributed by atoms with E-state index in [1.165, 1.54) is 5.56 Å². The van der Waals surface area contributed by atoms with Crippen molar-refractivity contribution in [2.24, 2.45) is 0 Å². The van der Waals surface area contributed by atoms with Crippen molar-refractivity contribution in [2.45, 2.75) is 26.7 Å². The Balaban J connectivity index is 2.20. The molecular weight excluding hydrogens is 262 g/mol. The highest BCUT2D eigenvalue weighted by atomic mass is 16.5. The predicted molar refractivity (Wildman–Crippen MR) is 84.9 cm³/mol. The number of aromatic nitrogens is 2. The molecule has 2 aromatic rings. The average Bonchev–Trinajstić information content (AvgIpc) is 2.46. The van der Waals surface area contributed by atoms with Crippen LogP contribution in [0.5, 0.6) is 5.75 Å². The number of hydrogen-bond acceptors (Lipinski definition) is 4. The van der Waals surface area contributed by atoms with Crippen LogP contribution in [0.15, 0.2) is 24.3 Å². The van der Waals surface area contributed by atoms with Gasteiger partial charge in [-0.15, -0.1) is 0 Å². The van der Waals surface area contributed by atoms with Crippen LogP contribution < -0.4 is 10.1 Å². The van der Waals surface area contributed by atoms with Crippen molar-refractivity contribution in [1.82, 2.24) is 15.3 Å². The lowest BCUT2D eigenvalue weighted by atomic mass is 10.1. The van der Waals surface area contributed by atoms with Crippen molar-refractivity contribution in [3.63, 3.8) is 0 Å². The zero-order valence-corrected chi connectivity index (χ0v) is 13.2. The molecule has 0 aliphatic heterocycles. The fourth-order valence-electron chi connectivity index (χ4n) is 2.46. The number of hydrogen-bond donors (Lipinski definition) is 1. The first-order chi connectivity index (χ1) is 10.1. The molecule has 1 aromatic carbocycles. The maximum Gasteiger partial charge on any atom is 0.133 e. The Morgan fingerprint density at radius 1 is 1.14 bits per heavy atom. The Hall–Kier alpha value is -1.94. The van der Waals surface area contributed by atoms with Crippen molar-refractivity contribution >= 4 is 0 Å². The van der Waals surface area contributed by atoms with Crippen LogP contribution in [0.4, 0.5) is 0 Å². The highest BCUT2D eigenvalue weighted by Crippen LogP contribution is 2.17. The van der Waals surface area contributed by atoms with E-state index in [1.807, 2.05) is 25.2 Å². The number of nitrogens with zero attached hydrogens (tertiary/aromatic N) is 2. The van der Waals surface area contributed by atoms with Gasteiger partial charge >= 0.3 is 0 Å². The molecule has 1 N–H and O–H groups in total. The molecule has 1 aromatic heterocycles. The molecule has 4 nitrogen and oxygen atoms in total. The Morgan fingerprint density at radius 2 is 1.86 bits per heavy atom. The van der Waals surface area contributed by atoms with Crippen LogP contribution in [-0.4, -0.2) is 30.7 Å². The number of methoxy groups -OCH3 is 1. The summed E-state index contributed by atoms with van der Waals surface area (Å²) in [6, 6.07) is 8.05. The Kier molecular flexibility index (Phi) is 5.28. The minimum atomic E-state index is 0.727. The van der Waals surface area contributed by atoms with E-state index in [4.69, 9.17) is 4.74 Å². The third-order valence-corrected chi connectivity index (χ3v) is 3.59. The second kappa shape index (κ2) is 7.18. The molecule has 0 atom stereocenters. The van der Waals surface area contributed by atoms with Gasteiger partial charge in [0.2, 0.25) is 0 Å². The van der Waals surface area contributed by atoms with Crippen LogP contribution in [0, 0.1) is 13.8 Å². The average molecular weight is 285 g/mol. The summed E-state index contributed by atoms with van der Waals surface area (Å²) in [7, 11) is 3.64. The van der Waals surface area contributed by atoms with E-state index in [0.717, 1.165) is 47.9 Å². The van der Waals surface area contributed by atoms with Crippen LogP contribution in [0.3, 0.4) is 0 Å². The summed E-state index contributed by atoms with van der Waals surface area (Å²) < 4.78 is 5.26. The summed E-state index contributed by atoms with van der Waals surface area (Å²) in [5.74, 6) is 1.73. The van der Waals surface area contributed by atoms with E-state index in [9.17, 15) is 0 Å². The molecule has 4 heteroatoms. The summed E-state index contributed by atoms with van der Waals surface area (Å²) >= 11 is 0. The van der Waals surface area contributed by atoms with Gasteiger partial charge in [-0.05, 0) is 57.1 Å². The molecule has 21 heavy (non-hydrogen) atoms. The standard InChI is InChI=1S/C17H23N3O/c1-12-16(8-9-18-3)13(2)20-17(19-12)11-14-6-5-7-15(10-14)21-4/h5-7,10,18H,8-9,11H2,1-4H3. The third-order valence-electron chi connectivity index (χ3n) is 3.59. The van der Waals surface area contributed by atoms with Gasteiger partial charge in [0.1, 0.15) is 11.6 Å². The number of aryl methyl sites for hydroxylation is 2. The topological polar surface area (TPSA) is 47.0 Å². The van der Waals surface area contributed by atoms with E-state index in [-0.39, 0.29) is 0 Å². The smallest absolute Gasteiger partial charge is 0.133 e. The normalized spacial score (nSPS) is 10.7. The number of rotatable bonds is 6. The zero-order chi connectivity index (χ0) is 15.2. The molecule has 1 heterocycles. The maximum atomic E-state index is 5.26. The molecule has 0 aliphatic rings. The molecule has 0 fully saturated rings. The first-order valence-electron chi connectivity index (χ1n) is 7.24. The fourth-order valence-corrected chi connectivity index (χ4v) is 2.46. The SMILES string of the molecule is CNCCc1c(C)nc(Cc2cccc(OC)c2)nc1C. The van der Waals surface area contributed by atoms with Crippen LogP contribution in [0.1, 0.15) is 28.3 Å². The molecule has 112 valence electrons. The molecular formula is C17H23N3O. The fraction of sp³-hybridized carbons (Fsp3) is 0.412. The minimum Gasteiger partial charge on any atom is -0.497 e. The van der Waals surface area contributed by atoms with Crippen molar-refractivity contribution in [3.8, 4) is 5.75 Å². The van der Waals surface area contributed by atoms with Crippen molar-refractivity contribution in [1.29, 1.82) is 0 Å². The van der Waals surface area contributed by atoms with E-state index in [0.29, 0.717) is 0 Å². The number of likely N-dealkylation sites (N-methyl/N-ethyl adjacent to an activating group) is 1. The quantitative estimate of drug-likeness (QED) is 0.885. The molecule has 0 saturated heterocycles. The van der Waals surface area contributed by atoms with E-state index in [1.54, 1.807) is 7.11 Å². The summed E-state index contributed by atoms with van der Waals surface area (Å²) in [5.41, 5.74) is 4.57. The molecule has 0 aliphatic carbocycles. The Bertz CT molecular complexity index is 588. The van der Waals surface area contributed by atoms with Crippen LogP contribution in [-0.2, 0) is 12.8 Å². The lowest BCUT2D eigenvalue weighted by Gasteiger charge is -2.11. The summed E-state index contributed by atoms with van der Waals surface area (Å²) in [4.78, 5) is 9.32. The van der Waals surface area contributed by atoms with Gasteiger partial charge in [-0.1, -0.05) is 12.1 Å². The number of nitrogens with one attached hydrogen (secondary N) is 1. The number of ether oxygens (including phenoxy) is 1. The maximum absolute atomic E-state index is 5.26. The first-order valence-corrected chi connectivity index (χ1v) is 7.24. The molecule has 0 bridgehead atoms. The van der Waals surface area contributed by atoms with E-state index in [2.05, 4.69) is 35.2 Å². The summed E-state index contributed by atoms with van der Waals surface area (Å²) in [6.07, 6.45) is 1.69. The van der Waals surface area contributed by atoms with Gasteiger partial charge in [0.15, 0.2) is 0 Å². The van der Waals surface area contributed by atoms with E-state index >= 15 is 0 Å². The largest absolute Gasteiger partial charge is 0.497 e.